The average Bonchev–Trinajstić information content (AvgIpc) is 2.61. The molecule has 0 fully saturated rings. The van der Waals surface area contributed by atoms with E-state index in [0.717, 1.165) is 0 Å². The Labute approximate surface area is 118 Å². The van der Waals surface area contributed by atoms with Crippen molar-refractivity contribution in [3.8, 4) is 0 Å². The van der Waals surface area contributed by atoms with Gasteiger partial charge in [0.2, 0.25) is 5.91 Å². The third-order valence-corrected chi connectivity index (χ3v) is 2.86. The minimum absolute atomic E-state index is 0.0893. The first-order valence-electron chi connectivity index (χ1n) is 6.48. The number of carboxylic acid groups (broad SMARTS) is 1. The Morgan fingerprint density at radius 3 is 2.55 bits per heavy atom. The van der Waals surface area contributed by atoms with Gasteiger partial charge in [-0.05, 0) is 12.8 Å². The molecule has 112 valence electrons. The molecular weight excluding hydrogens is 260 g/mol. The van der Waals surface area contributed by atoms with Crippen LogP contribution < -0.4 is 10.2 Å². The molecule has 0 atom stereocenters. The van der Waals surface area contributed by atoms with E-state index in [2.05, 4.69) is 10.4 Å². The van der Waals surface area contributed by atoms with Crippen molar-refractivity contribution in [2.24, 2.45) is 13.0 Å². The first-order chi connectivity index (χ1) is 9.23. The molecule has 7 heteroatoms. The Balaban J connectivity index is 2.85. The van der Waals surface area contributed by atoms with Crippen molar-refractivity contribution in [2.45, 2.75) is 20.8 Å². The van der Waals surface area contributed by atoms with E-state index in [4.69, 9.17) is 0 Å². The zero-order valence-corrected chi connectivity index (χ0v) is 12.6. The Hall–Kier alpha value is -2.05. The molecule has 0 aromatic carbocycles. The molecule has 0 unspecified atom stereocenters. The quantitative estimate of drug-likeness (QED) is 0.799. The number of carbonyl (C=O) groups is 2. The molecule has 0 saturated heterocycles. The van der Waals surface area contributed by atoms with Crippen LogP contribution in [0.15, 0.2) is 0 Å². The summed E-state index contributed by atoms with van der Waals surface area (Å²) in [5, 5.41) is 16.1. The summed E-state index contributed by atoms with van der Waals surface area (Å²) in [5.74, 6) is -0.385. The molecule has 1 aromatic rings. The second-order valence-electron chi connectivity index (χ2n) is 5.27. The Kier molecular flexibility index (Phi) is 5.12. The number of hydrogen-bond acceptors (Lipinski definition) is 4. The number of aromatic nitrogens is 2. The molecule has 0 bridgehead atoms. The molecular formula is C13H22N4O3. The molecule has 0 aliphatic carbocycles. The lowest BCUT2D eigenvalue weighted by molar-refractivity contribution is -0.119. The smallest absolute Gasteiger partial charge is 0.341 e. The third-order valence-electron chi connectivity index (χ3n) is 2.86. The van der Waals surface area contributed by atoms with E-state index in [-0.39, 0.29) is 18.0 Å². The van der Waals surface area contributed by atoms with Gasteiger partial charge in [-0.15, -0.1) is 0 Å². The van der Waals surface area contributed by atoms with Gasteiger partial charge in [-0.3, -0.25) is 9.48 Å². The summed E-state index contributed by atoms with van der Waals surface area (Å²) in [6.45, 7) is 6.35. The molecule has 0 radical (unpaired) electrons. The Morgan fingerprint density at radius 2 is 2.05 bits per heavy atom. The van der Waals surface area contributed by atoms with Crippen molar-refractivity contribution < 1.29 is 14.7 Å². The predicted molar refractivity (Wildman–Crippen MR) is 76.0 cm³/mol. The van der Waals surface area contributed by atoms with Crippen molar-refractivity contribution in [2.75, 3.05) is 25.0 Å². The molecule has 1 rings (SSSR count). The average molecular weight is 282 g/mol. The number of carbonyl (C=O) groups excluding carboxylic acids is 1. The fourth-order valence-electron chi connectivity index (χ4n) is 2.00. The van der Waals surface area contributed by atoms with Gasteiger partial charge in [0.25, 0.3) is 0 Å². The number of aromatic carboxylic acids is 1. The van der Waals surface area contributed by atoms with Crippen molar-refractivity contribution >= 4 is 17.7 Å². The highest BCUT2D eigenvalue weighted by atomic mass is 16.4. The number of nitrogens with zero attached hydrogens (tertiary/aromatic N) is 3. The standard InChI is InChI=1S/C13H22N4O3/c1-8(2)6-14-10(18)7-16(4)12-11(13(19)20)9(3)15-17(12)5/h8H,6-7H2,1-5H3,(H,14,18)(H,19,20). The van der Waals surface area contributed by atoms with E-state index in [1.807, 2.05) is 13.8 Å². The van der Waals surface area contributed by atoms with Crippen LogP contribution in [-0.2, 0) is 11.8 Å². The summed E-state index contributed by atoms with van der Waals surface area (Å²) in [6.07, 6.45) is 0. The molecule has 0 aliphatic rings. The van der Waals surface area contributed by atoms with Gasteiger partial charge in [0, 0.05) is 20.6 Å². The summed E-state index contributed by atoms with van der Waals surface area (Å²) < 4.78 is 1.48. The van der Waals surface area contributed by atoms with Crippen LogP contribution in [0.1, 0.15) is 29.9 Å². The van der Waals surface area contributed by atoms with Gasteiger partial charge in [0.05, 0.1) is 12.2 Å². The lowest BCUT2D eigenvalue weighted by Gasteiger charge is -2.20. The first-order valence-corrected chi connectivity index (χ1v) is 6.48. The van der Waals surface area contributed by atoms with Crippen LogP contribution in [0.4, 0.5) is 5.82 Å². The summed E-state index contributed by atoms with van der Waals surface area (Å²) in [5.41, 5.74) is 0.566. The van der Waals surface area contributed by atoms with Gasteiger partial charge in [-0.25, -0.2) is 4.79 Å². The molecule has 1 aromatic heterocycles. The zero-order valence-electron chi connectivity index (χ0n) is 12.6. The predicted octanol–water partition coefficient (Wildman–Crippen LogP) is 0.635. The van der Waals surface area contributed by atoms with E-state index in [1.54, 1.807) is 25.9 Å². The number of nitrogens with one attached hydrogen (secondary N) is 1. The SMILES string of the molecule is Cc1nn(C)c(N(C)CC(=O)NCC(C)C)c1C(=O)O. The monoisotopic (exact) mass is 282 g/mol. The first kappa shape index (κ1) is 16.0. The van der Waals surface area contributed by atoms with Crippen LogP contribution in [0.5, 0.6) is 0 Å². The second-order valence-corrected chi connectivity index (χ2v) is 5.27. The molecule has 0 saturated carbocycles. The summed E-state index contributed by atoms with van der Waals surface area (Å²) >= 11 is 0. The van der Waals surface area contributed by atoms with Crippen LogP contribution in [0, 0.1) is 12.8 Å². The van der Waals surface area contributed by atoms with Gasteiger partial charge in [0.15, 0.2) is 0 Å². The minimum atomic E-state index is -1.04. The largest absolute Gasteiger partial charge is 0.477 e. The number of likely N-dealkylation sites (N-methyl/N-ethyl adjacent to an activating group) is 1. The van der Waals surface area contributed by atoms with E-state index in [0.29, 0.717) is 24.0 Å². The van der Waals surface area contributed by atoms with Gasteiger partial charge in [-0.1, -0.05) is 13.8 Å². The van der Waals surface area contributed by atoms with Crippen molar-refractivity contribution in [1.29, 1.82) is 0 Å². The molecule has 1 heterocycles. The number of anilines is 1. The highest BCUT2D eigenvalue weighted by Gasteiger charge is 2.23. The molecule has 7 nitrogen and oxygen atoms in total. The van der Waals surface area contributed by atoms with E-state index in [9.17, 15) is 14.7 Å². The fourth-order valence-corrected chi connectivity index (χ4v) is 2.00. The zero-order chi connectivity index (χ0) is 15.4. The van der Waals surface area contributed by atoms with E-state index < -0.39 is 5.97 Å². The highest BCUT2D eigenvalue weighted by molar-refractivity contribution is 5.95. The number of rotatable bonds is 6. The van der Waals surface area contributed by atoms with Crippen molar-refractivity contribution in [3.05, 3.63) is 11.3 Å². The van der Waals surface area contributed by atoms with Crippen LogP contribution in [0.25, 0.3) is 0 Å². The van der Waals surface area contributed by atoms with Gasteiger partial charge in [0.1, 0.15) is 11.4 Å². The number of amides is 1. The van der Waals surface area contributed by atoms with Crippen LogP contribution in [-0.4, -0.2) is 46.9 Å². The number of carboxylic acids is 1. The lowest BCUT2D eigenvalue weighted by Crippen LogP contribution is -2.38. The van der Waals surface area contributed by atoms with Gasteiger partial charge < -0.3 is 15.3 Å². The molecule has 2 N–H and O–H groups in total. The number of aryl methyl sites for hydroxylation is 2. The maximum Gasteiger partial charge on any atom is 0.341 e. The Morgan fingerprint density at radius 1 is 1.45 bits per heavy atom. The van der Waals surface area contributed by atoms with Crippen molar-refractivity contribution in [1.82, 2.24) is 15.1 Å². The van der Waals surface area contributed by atoms with E-state index >= 15 is 0 Å². The van der Waals surface area contributed by atoms with Gasteiger partial charge >= 0.3 is 5.97 Å². The van der Waals surface area contributed by atoms with Crippen LogP contribution >= 0.6 is 0 Å². The van der Waals surface area contributed by atoms with E-state index in [1.165, 1.54) is 4.68 Å². The summed E-state index contributed by atoms with van der Waals surface area (Å²) in [6, 6.07) is 0. The second kappa shape index (κ2) is 6.40. The van der Waals surface area contributed by atoms with Crippen LogP contribution in [0.3, 0.4) is 0 Å². The fraction of sp³-hybridized carbons (Fsp3) is 0.615. The number of hydrogen-bond donors (Lipinski definition) is 2. The summed E-state index contributed by atoms with van der Waals surface area (Å²) in [7, 11) is 3.34. The third kappa shape index (κ3) is 3.72. The maximum atomic E-state index is 11.8. The normalized spacial score (nSPS) is 10.7. The molecule has 0 spiro atoms. The lowest BCUT2D eigenvalue weighted by atomic mass is 10.2. The highest BCUT2D eigenvalue weighted by Crippen LogP contribution is 2.21. The molecule has 1 amide bonds. The summed E-state index contributed by atoms with van der Waals surface area (Å²) in [4.78, 5) is 24.7. The van der Waals surface area contributed by atoms with Crippen LogP contribution in [0.2, 0.25) is 0 Å². The maximum absolute atomic E-state index is 11.8. The molecule has 20 heavy (non-hydrogen) atoms. The van der Waals surface area contributed by atoms with Crippen molar-refractivity contribution in [3.63, 3.8) is 0 Å². The minimum Gasteiger partial charge on any atom is -0.477 e. The topological polar surface area (TPSA) is 87.5 Å². The Bertz CT molecular complexity index is 508. The molecule has 0 aliphatic heterocycles. The van der Waals surface area contributed by atoms with Gasteiger partial charge in [-0.2, -0.15) is 5.10 Å².